The van der Waals surface area contributed by atoms with Gasteiger partial charge in [0.25, 0.3) is 0 Å². The summed E-state index contributed by atoms with van der Waals surface area (Å²) in [7, 11) is 0. The molecule has 0 saturated heterocycles. The Hall–Kier alpha value is -1.68. The normalized spacial score (nSPS) is 11.0. The van der Waals surface area contributed by atoms with Crippen LogP contribution in [0.3, 0.4) is 0 Å². The second-order valence-electron chi connectivity index (χ2n) is 4.07. The van der Waals surface area contributed by atoms with Crippen LogP contribution in [0.4, 0.5) is 0 Å². The molecule has 0 aliphatic rings. The first kappa shape index (κ1) is 11.4. The Morgan fingerprint density at radius 2 is 1.94 bits per heavy atom. The van der Waals surface area contributed by atoms with Crippen molar-refractivity contribution >= 4 is 27.0 Å². The lowest BCUT2D eigenvalue weighted by Gasteiger charge is -2.04. The van der Waals surface area contributed by atoms with E-state index in [4.69, 9.17) is 0 Å². The molecule has 0 atom stereocenters. The Labute approximate surface area is 113 Å². The van der Waals surface area contributed by atoms with E-state index >= 15 is 0 Å². The van der Waals surface area contributed by atoms with Crippen molar-refractivity contribution in [3.05, 3.63) is 46.7 Å². The fourth-order valence-corrected chi connectivity index (χ4v) is 2.57. The number of nitrogens with zero attached hydrogens (tertiary/aromatic N) is 2. The molecule has 0 aliphatic heterocycles. The third-order valence-corrected chi connectivity index (χ3v) is 3.55. The minimum Gasteiger partial charge on any atom is -0.345 e. The van der Waals surface area contributed by atoms with Gasteiger partial charge in [0, 0.05) is 16.2 Å². The fraction of sp³-hybridized carbons (Fsp3) is 0.143. The van der Waals surface area contributed by atoms with E-state index in [2.05, 4.69) is 37.8 Å². The van der Waals surface area contributed by atoms with Gasteiger partial charge in [-0.2, -0.15) is 0 Å². The van der Waals surface area contributed by atoms with Crippen LogP contribution in [0.1, 0.15) is 12.6 Å². The van der Waals surface area contributed by atoms with Gasteiger partial charge < -0.3 is 4.98 Å². The summed E-state index contributed by atoms with van der Waals surface area (Å²) in [6.45, 7) is 2.11. The van der Waals surface area contributed by atoms with E-state index in [1.54, 1.807) is 0 Å². The van der Waals surface area contributed by atoms with E-state index in [1.165, 1.54) is 0 Å². The number of hydrogen-bond donors (Lipinski definition) is 1. The maximum atomic E-state index is 4.66. The van der Waals surface area contributed by atoms with Crippen LogP contribution >= 0.6 is 15.9 Å². The minimum atomic E-state index is 0.773. The average Bonchev–Trinajstić information content (AvgIpc) is 2.81. The predicted molar refractivity (Wildman–Crippen MR) is 76.4 cm³/mol. The van der Waals surface area contributed by atoms with Crippen LogP contribution in [0.15, 0.2) is 41.0 Å². The minimum absolute atomic E-state index is 0.773. The Kier molecular flexibility index (Phi) is 2.88. The SMILES string of the molecule is CCc1nc(-c2ccccc2)nc2[nH]cc(Br)c12. The number of benzene rings is 1. The lowest BCUT2D eigenvalue weighted by atomic mass is 10.2. The summed E-state index contributed by atoms with van der Waals surface area (Å²) in [6, 6.07) is 10.0. The number of aryl methyl sites for hydroxylation is 1. The van der Waals surface area contributed by atoms with E-state index < -0.39 is 0 Å². The van der Waals surface area contributed by atoms with Gasteiger partial charge in [-0.15, -0.1) is 0 Å². The number of fused-ring (bicyclic) bond motifs is 1. The quantitative estimate of drug-likeness (QED) is 0.778. The molecule has 3 nitrogen and oxygen atoms in total. The van der Waals surface area contributed by atoms with Gasteiger partial charge in [-0.05, 0) is 22.4 Å². The van der Waals surface area contributed by atoms with Crippen molar-refractivity contribution in [2.45, 2.75) is 13.3 Å². The first-order valence-corrected chi connectivity index (χ1v) is 6.68. The number of rotatable bonds is 2. The number of nitrogens with one attached hydrogen (secondary N) is 1. The molecular weight excluding hydrogens is 290 g/mol. The Bertz CT molecular complexity index is 689. The van der Waals surface area contributed by atoms with E-state index in [0.717, 1.165) is 39.0 Å². The monoisotopic (exact) mass is 301 g/mol. The fourth-order valence-electron chi connectivity index (χ4n) is 2.04. The highest BCUT2D eigenvalue weighted by molar-refractivity contribution is 9.10. The van der Waals surface area contributed by atoms with Gasteiger partial charge in [-0.1, -0.05) is 37.3 Å². The van der Waals surface area contributed by atoms with Crippen molar-refractivity contribution in [1.29, 1.82) is 0 Å². The summed E-state index contributed by atoms with van der Waals surface area (Å²) in [5, 5.41) is 1.08. The summed E-state index contributed by atoms with van der Waals surface area (Å²) in [5.74, 6) is 0.773. The van der Waals surface area contributed by atoms with E-state index in [9.17, 15) is 0 Å². The zero-order valence-corrected chi connectivity index (χ0v) is 11.5. The first-order valence-electron chi connectivity index (χ1n) is 5.88. The highest BCUT2D eigenvalue weighted by Crippen LogP contribution is 2.27. The molecule has 0 radical (unpaired) electrons. The number of H-pyrrole nitrogens is 1. The molecular formula is C14H12BrN3. The van der Waals surface area contributed by atoms with Crippen LogP contribution in [0.5, 0.6) is 0 Å². The molecule has 1 aromatic carbocycles. The predicted octanol–water partition coefficient (Wildman–Crippen LogP) is 3.95. The third-order valence-electron chi connectivity index (χ3n) is 2.93. The van der Waals surface area contributed by atoms with Gasteiger partial charge in [0.05, 0.1) is 11.1 Å². The molecule has 2 heterocycles. The molecule has 3 rings (SSSR count). The molecule has 0 aliphatic carbocycles. The van der Waals surface area contributed by atoms with Crippen molar-refractivity contribution in [2.24, 2.45) is 0 Å². The van der Waals surface area contributed by atoms with Crippen molar-refractivity contribution in [2.75, 3.05) is 0 Å². The maximum absolute atomic E-state index is 4.66. The Morgan fingerprint density at radius 1 is 1.17 bits per heavy atom. The third kappa shape index (κ3) is 1.82. The summed E-state index contributed by atoms with van der Waals surface area (Å²) in [4.78, 5) is 12.4. The van der Waals surface area contributed by atoms with Crippen LogP contribution < -0.4 is 0 Å². The molecule has 18 heavy (non-hydrogen) atoms. The molecule has 1 N–H and O–H groups in total. The van der Waals surface area contributed by atoms with Gasteiger partial charge in [-0.25, -0.2) is 9.97 Å². The standard InChI is InChI=1S/C14H12BrN3/c1-2-11-12-10(15)8-16-14(12)18-13(17-11)9-6-4-3-5-7-9/h3-8H,2H2,1H3,(H,16,17,18). The van der Waals surface area contributed by atoms with Gasteiger partial charge in [0.2, 0.25) is 0 Å². The Morgan fingerprint density at radius 3 is 2.67 bits per heavy atom. The molecule has 0 spiro atoms. The highest BCUT2D eigenvalue weighted by atomic mass is 79.9. The van der Waals surface area contributed by atoms with Gasteiger partial charge in [0.15, 0.2) is 5.82 Å². The first-order chi connectivity index (χ1) is 8.79. The molecule has 90 valence electrons. The molecule has 0 bridgehead atoms. The van der Waals surface area contributed by atoms with Crippen LogP contribution in [0.2, 0.25) is 0 Å². The number of aromatic nitrogens is 3. The highest BCUT2D eigenvalue weighted by Gasteiger charge is 2.11. The lowest BCUT2D eigenvalue weighted by Crippen LogP contribution is -1.96. The van der Waals surface area contributed by atoms with Crippen LogP contribution in [0.25, 0.3) is 22.4 Å². The smallest absolute Gasteiger partial charge is 0.161 e. The van der Waals surface area contributed by atoms with E-state index in [-0.39, 0.29) is 0 Å². The largest absolute Gasteiger partial charge is 0.345 e. The topological polar surface area (TPSA) is 41.6 Å². The van der Waals surface area contributed by atoms with Crippen molar-refractivity contribution in [3.8, 4) is 11.4 Å². The Balaban J connectivity index is 2.27. The molecule has 0 unspecified atom stereocenters. The molecule has 0 fully saturated rings. The van der Waals surface area contributed by atoms with Gasteiger partial charge in [-0.3, -0.25) is 0 Å². The molecule has 4 heteroatoms. The second kappa shape index (κ2) is 4.53. The summed E-state index contributed by atoms with van der Waals surface area (Å²) < 4.78 is 1.02. The maximum Gasteiger partial charge on any atom is 0.161 e. The second-order valence-corrected chi connectivity index (χ2v) is 4.93. The van der Waals surface area contributed by atoms with Crippen LogP contribution in [0, 0.1) is 0 Å². The summed E-state index contributed by atoms with van der Waals surface area (Å²) in [6.07, 6.45) is 2.79. The number of aromatic amines is 1. The number of hydrogen-bond acceptors (Lipinski definition) is 2. The van der Waals surface area contributed by atoms with Gasteiger partial charge in [0.1, 0.15) is 5.65 Å². The molecule has 0 saturated carbocycles. The molecule has 3 aromatic rings. The van der Waals surface area contributed by atoms with Crippen LogP contribution in [-0.2, 0) is 6.42 Å². The average molecular weight is 302 g/mol. The van der Waals surface area contributed by atoms with E-state index in [0.29, 0.717) is 0 Å². The molecule has 2 aromatic heterocycles. The lowest BCUT2D eigenvalue weighted by molar-refractivity contribution is 1.03. The van der Waals surface area contributed by atoms with Gasteiger partial charge >= 0.3 is 0 Å². The number of halogens is 1. The zero-order valence-electron chi connectivity index (χ0n) is 9.94. The van der Waals surface area contributed by atoms with Crippen molar-refractivity contribution in [3.63, 3.8) is 0 Å². The summed E-state index contributed by atoms with van der Waals surface area (Å²) in [5.41, 5.74) is 2.99. The van der Waals surface area contributed by atoms with Crippen molar-refractivity contribution < 1.29 is 0 Å². The zero-order chi connectivity index (χ0) is 12.5. The van der Waals surface area contributed by atoms with E-state index in [1.807, 2.05) is 36.5 Å². The van der Waals surface area contributed by atoms with Crippen LogP contribution in [-0.4, -0.2) is 15.0 Å². The summed E-state index contributed by atoms with van der Waals surface area (Å²) >= 11 is 3.53. The molecule has 0 amide bonds. The van der Waals surface area contributed by atoms with Crippen molar-refractivity contribution in [1.82, 2.24) is 15.0 Å².